The predicted octanol–water partition coefficient (Wildman–Crippen LogP) is 5.94. The van der Waals surface area contributed by atoms with Crippen molar-refractivity contribution in [3.63, 3.8) is 0 Å². The third-order valence-electron chi connectivity index (χ3n) is 5.33. The summed E-state index contributed by atoms with van der Waals surface area (Å²) in [5, 5.41) is 6.60. The van der Waals surface area contributed by atoms with Crippen molar-refractivity contribution >= 4 is 11.7 Å². The fourth-order valence-corrected chi connectivity index (χ4v) is 3.45. The zero-order chi connectivity index (χ0) is 25.1. The van der Waals surface area contributed by atoms with E-state index in [0.717, 1.165) is 27.1 Å². The Balaban J connectivity index is 1.43. The van der Waals surface area contributed by atoms with Crippen LogP contribution in [0, 0.1) is 37.1 Å². The SMILES string of the molecule is Cc1ccc(C)c(OCc2cccc(C(=O)Nc3ccn(Cc4c(F)c(F)cc(F)c4F)n3)c2)c1. The highest BCUT2D eigenvalue weighted by Crippen LogP contribution is 2.22. The minimum atomic E-state index is -1.50. The molecule has 4 aromatic rings. The van der Waals surface area contributed by atoms with Crippen molar-refractivity contribution in [1.82, 2.24) is 9.78 Å². The first-order valence-corrected chi connectivity index (χ1v) is 10.7. The number of nitrogens with zero attached hydrogens (tertiary/aromatic N) is 2. The van der Waals surface area contributed by atoms with Crippen LogP contribution < -0.4 is 10.1 Å². The average Bonchev–Trinajstić information content (AvgIpc) is 3.28. The topological polar surface area (TPSA) is 56.1 Å². The van der Waals surface area contributed by atoms with E-state index in [-0.39, 0.29) is 18.5 Å². The van der Waals surface area contributed by atoms with Gasteiger partial charge in [0.25, 0.3) is 5.91 Å². The van der Waals surface area contributed by atoms with Gasteiger partial charge >= 0.3 is 0 Å². The number of rotatable bonds is 7. The van der Waals surface area contributed by atoms with E-state index in [9.17, 15) is 22.4 Å². The maximum atomic E-state index is 13.9. The number of nitrogens with one attached hydrogen (secondary N) is 1. The lowest BCUT2D eigenvalue weighted by atomic mass is 10.1. The molecule has 0 saturated carbocycles. The molecule has 0 aliphatic carbocycles. The molecule has 35 heavy (non-hydrogen) atoms. The maximum Gasteiger partial charge on any atom is 0.256 e. The van der Waals surface area contributed by atoms with Crippen molar-refractivity contribution in [2.24, 2.45) is 0 Å². The van der Waals surface area contributed by atoms with Crippen LogP contribution in [-0.4, -0.2) is 15.7 Å². The monoisotopic (exact) mass is 483 g/mol. The molecule has 9 heteroatoms. The largest absolute Gasteiger partial charge is 0.489 e. The molecule has 0 fully saturated rings. The third-order valence-corrected chi connectivity index (χ3v) is 5.33. The average molecular weight is 483 g/mol. The number of amides is 1. The Morgan fingerprint density at radius 2 is 1.71 bits per heavy atom. The Labute approximate surface area is 199 Å². The number of halogens is 4. The second kappa shape index (κ2) is 10.0. The van der Waals surface area contributed by atoms with Crippen molar-refractivity contribution in [3.05, 3.63) is 112 Å². The highest BCUT2D eigenvalue weighted by Gasteiger charge is 2.20. The lowest BCUT2D eigenvalue weighted by Crippen LogP contribution is -2.14. The molecule has 5 nitrogen and oxygen atoms in total. The van der Waals surface area contributed by atoms with E-state index in [1.807, 2.05) is 38.1 Å². The molecule has 0 unspecified atom stereocenters. The fourth-order valence-electron chi connectivity index (χ4n) is 3.45. The molecule has 3 aromatic carbocycles. The van der Waals surface area contributed by atoms with Gasteiger partial charge in [0.1, 0.15) is 12.4 Å². The normalized spacial score (nSPS) is 10.9. The zero-order valence-electron chi connectivity index (χ0n) is 18.9. The summed E-state index contributed by atoms with van der Waals surface area (Å²) in [6.07, 6.45) is 1.33. The summed E-state index contributed by atoms with van der Waals surface area (Å²) in [7, 11) is 0. The van der Waals surface area contributed by atoms with Crippen LogP contribution in [0.5, 0.6) is 5.75 Å². The molecule has 0 saturated heterocycles. The van der Waals surface area contributed by atoms with Crippen molar-refractivity contribution in [1.29, 1.82) is 0 Å². The van der Waals surface area contributed by atoms with Crippen LogP contribution in [0.1, 0.15) is 32.6 Å². The summed E-state index contributed by atoms with van der Waals surface area (Å²) in [6.45, 7) is 3.63. The van der Waals surface area contributed by atoms with E-state index in [1.165, 1.54) is 12.3 Å². The molecule has 0 radical (unpaired) electrons. The van der Waals surface area contributed by atoms with Gasteiger partial charge in [-0.25, -0.2) is 17.6 Å². The standard InChI is InChI=1S/C26H21F4N3O2/c1-15-6-7-16(2)22(10-15)35-14-17-4-3-5-18(11-17)26(34)31-23-8-9-33(32-23)13-19-24(29)20(27)12-21(28)25(19)30/h3-12H,13-14H2,1-2H3,(H,31,32,34). The Morgan fingerprint density at radius 1 is 0.971 bits per heavy atom. The summed E-state index contributed by atoms with van der Waals surface area (Å²) >= 11 is 0. The predicted molar refractivity (Wildman–Crippen MR) is 122 cm³/mol. The number of ether oxygens (including phenoxy) is 1. The number of carbonyl (C=O) groups is 1. The van der Waals surface area contributed by atoms with E-state index in [4.69, 9.17) is 4.74 Å². The zero-order valence-corrected chi connectivity index (χ0v) is 18.9. The number of aromatic nitrogens is 2. The fraction of sp³-hybridized carbons (Fsp3) is 0.154. The van der Waals surface area contributed by atoms with E-state index >= 15 is 0 Å². The molecule has 1 amide bonds. The number of aryl methyl sites for hydroxylation is 2. The van der Waals surface area contributed by atoms with Crippen LogP contribution in [0.4, 0.5) is 23.4 Å². The molecular weight excluding hydrogens is 462 g/mol. The van der Waals surface area contributed by atoms with Crippen LogP contribution in [-0.2, 0) is 13.2 Å². The van der Waals surface area contributed by atoms with Gasteiger partial charge in [0.05, 0.1) is 12.1 Å². The van der Waals surface area contributed by atoms with Gasteiger partial charge in [0.2, 0.25) is 0 Å². The second-order valence-electron chi connectivity index (χ2n) is 8.06. The summed E-state index contributed by atoms with van der Waals surface area (Å²) in [5.41, 5.74) is 2.40. The first kappa shape index (κ1) is 24.0. The lowest BCUT2D eigenvalue weighted by molar-refractivity contribution is 0.102. The van der Waals surface area contributed by atoms with Crippen molar-refractivity contribution in [2.75, 3.05) is 5.32 Å². The molecule has 4 rings (SSSR count). The molecule has 0 bridgehead atoms. The van der Waals surface area contributed by atoms with Crippen LogP contribution in [0.2, 0.25) is 0 Å². The van der Waals surface area contributed by atoms with E-state index in [0.29, 0.717) is 5.56 Å². The van der Waals surface area contributed by atoms with Gasteiger partial charge in [-0.05, 0) is 48.7 Å². The van der Waals surface area contributed by atoms with Gasteiger partial charge in [0, 0.05) is 23.9 Å². The molecule has 1 heterocycles. The first-order valence-electron chi connectivity index (χ1n) is 10.7. The minimum absolute atomic E-state index is 0.102. The van der Waals surface area contributed by atoms with Gasteiger partial charge in [-0.2, -0.15) is 5.10 Å². The highest BCUT2D eigenvalue weighted by molar-refractivity contribution is 6.03. The van der Waals surface area contributed by atoms with E-state index < -0.39 is 41.3 Å². The van der Waals surface area contributed by atoms with Gasteiger partial charge in [-0.15, -0.1) is 0 Å². The van der Waals surface area contributed by atoms with E-state index in [1.54, 1.807) is 18.2 Å². The minimum Gasteiger partial charge on any atom is -0.489 e. The molecule has 1 aromatic heterocycles. The van der Waals surface area contributed by atoms with Crippen LogP contribution in [0.25, 0.3) is 0 Å². The van der Waals surface area contributed by atoms with Crippen molar-refractivity contribution < 1.29 is 27.1 Å². The molecule has 0 spiro atoms. The number of anilines is 1. The van der Waals surface area contributed by atoms with Gasteiger partial charge in [0.15, 0.2) is 29.1 Å². The summed E-state index contributed by atoms with van der Waals surface area (Å²) in [4.78, 5) is 12.7. The smallest absolute Gasteiger partial charge is 0.256 e. The third kappa shape index (κ3) is 5.51. The van der Waals surface area contributed by atoms with Gasteiger partial charge < -0.3 is 10.1 Å². The van der Waals surface area contributed by atoms with Gasteiger partial charge in [-0.3, -0.25) is 9.48 Å². The maximum absolute atomic E-state index is 13.9. The van der Waals surface area contributed by atoms with Crippen molar-refractivity contribution in [2.45, 2.75) is 27.0 Å². The summed E-state index contributed by atoms with van der Waals surface area (Å²) in [5.74, 6) is -5.59. The number of hydrogen-bond acceptors (Lipinski definition) is 3. The molecule has 1 N–H and O–H groups in total. The quantitative estimate of drug-likeness (QED) is 0.262. The number of carbonyl (C=O) groups excluding carboxylic acids is 1. The van der Waals surface area contributed by atoms with E-state index in [2.05, 4.69) is 10.4 Å². The first-order chi connectivity index (χ1) is 16.7. The second-order valence-corrected chi connectivity index (χ2v) is 8.06. The number of hydrogen-bond donors (Lipinski definition) is 1. The Bertz CT molecular complexity index is 1380. The molecule has 0 aliphatic heterocycles. The Kier molecular flexibility index (Phi) is 6.86. The molecule has 180 valence electrons. The van der Waals surface area contributed by atoms with Crippen LogP contribution in [0.3, 0.4) is 0 Å². The molecular formula is C26H21F4N3O2. The Hall–Kier alpha value is -4.14. The Morgan fingerprint density at radius 3 is 2.46 bits per heavy atom. The molecule has 0 aliphatic rings. The number of benzene rings is 3. The highest BCUT2D eigenvalue weighted by atomic mass is 19.2. The van der Waals surface area contributed by atoms with Crippen LogP contribution >= 0.6 is 0 Å². The van der Waals surface area contributed by atoms with Crippen molar-refractivity contribution in [3.8, 4) is 5.75 Å². The summed E-state index contributed by atoms with van der Waals surface area (Å²) < 4.78 is 61.6. The molecule has 0 atom stereocenters. The van der Waals surface area contributed by atoms with Crippen LogP contribution in [0.15, 0.2) is 60.8 Å². The lowest BCUT2D eigenvalue weighted by Gasteiger charge is -2.11. The van der Waals surface area contributed by atoms with Gasteiger partial charge in [-0.1, -0.05) is 24.3 Å². The summed E-state index contributed by atoms with van der Waals surface area (Å²) in [6, 6.07) is 14.3.